The van der Waals surface area contributed by atoms with E-state index in [4.69, 9.17) is 21.2 Å². The number of benzene rings is 1. The Balaban J connectivity index is 2.51. The summed E-state index contributed by atoms with van der Waals surface area (Å²) in [6.07, 6.45) is 3.17. The summed E-state index contributed by atoms with van der Waals surface area (Å²) >= 11 is 0. The highest BCUT2D eigenvalue weighted by atomic mass is 28.5. The van der Waals surface area contributed by atoms with Crippen molar-refractivity contribution < 1.29 is 30.7 Å². The van der Waals surface area contributed by atoms with Gasteiger partial charge in [-0.2, -0.15) is 0 Å². The van der Waals surface area contributed by atoms with E-state index in [1.165, 1.54) is 25.0 Å². The SMILES string of the molecule is CCCC[Si]O[Si](C)(C)O[Si](C)(C)O[Si](C)(C)O[Si](C)(C)CCCOc1ccc(O)c(F)c1. The molecule has 0 fully saturated rings. The van der Waals surface area contributed by atoms with E-state index in [2.05, 4.69) is 59.3 Å². The van der Waals surface area contributed by atoms with Crippen LogP contribution in [-0.4, -0.2) is 55.5 Å². The molecular formula is C21H43FO6Si5. The Kier molecular flexibility index (Phi) is 12.2. The standard InChI is InChI=1S/C21H43FO6Si5/c1-10-11-16-29-25-31(4,5)27-33(8,9)28-32(6,7)26-30(2,3)17-12-15-24-19-13-14-21(23)20(22)18-19/h13-14,18,23H,10-12,15-17H2,1-9H3. The van der Waals surface area contributed by atoms with Gasteiger partial charge in [-0.05, 0) is 83.0 Å². The van der Waals surface area contributed by atoms with Crippen LogP contribution >= 0.6 is 0 Å². The third kappa shape index (κ3) is 13.4. The molecule has 1 N–H and O–H groups in total. The number of rotatable bonds is 16. The van der Waals surface area contributed by atoms with Crippen LogP contribution in [0.25, 0.3) is 0 Å². The number of phenols is 1. The molecule has 1 aromatic rings. The quantitative estimate of drug-likeness (QED) is 0.187. The molecule has 0 heterocycles. The van der Waals surface area contributed by atoms with Crippen molar-refractivity contribution in [1.82, 2.24) is 0 Å². The largest absolute Gasteiger partial charge is 0.505 e. The minimum Gasteiger partial charge on any atom is -0.505 e. The number of halogens is 1. The second kappa shape index (κ2) is 13.1. The fourth-order valence-electron chi connectivity index (χ4n) is 3.70. The lowest BCUT2D eigenvalue weighted by Gasteiger charge is -2.40. The number of phenolic OH excluding ortho intramolecular Hbond substituents is 1. The second-order valence-corrected chi connectivity index (χ2v) is 26.7. The molecule has 0 aliphatic rings. The number of unbranched alkanes of at least 4 members (excludes halogenated alkanes) is 1. The molecular weight excluding hydrogens is 508 g/mol. The first-order valence-corrected chi connectivity index (χ1v) is 24.4. The van der Waals surface area contributed by atoms with Crippen LogP contribution in [-0.2, 0) is 16.5 Å². The summed E-state index contributed by atoms with van der Waals surface area (Å²) in [6.45, 7) is 19.6. The van der Waals surface area contributed by atoms with Crippen molar-refractivity contribution in [2.75, 3.05) is 6.61 Å². The van der Waals surface area contributed by atoms with E-state index >= 15 is 0 Å². The van der Waals surface area contributed by atoms with Crippen molar-refractivity contribution in [3.8, 4) is 11.5 Å². The molecule has 12 heteroatoms. The van der Waals surface area contributed by atoms with E-state index in [-0.39, 0.29) is 5.75 Å². The molecule has 1 aromatic carbocycles. The Morgan fingerprint density at radius 2 is 1.48 bits per heavy atom. The Morgan fingerprint density at radius 1 is 0.879 bits per heavy atom. The predicted octanol–water partition coefficient (Wildman–Crippen LogP) is 6.51. The van der Waals surface area contributed by atoms with Gasteiger partial charge in [0, 0.05) is 6.07 Å². The molecule has 2 radical (unpaired) electrons. The van der Waals surface area contributed by atoms with Gasteiger partial charge in [-0.25, -0.2) is 4.39 Å². The number of ether oxygens (including phenoxy) is 1. The Hall–Kier alpha value is -0.326. The molecule has 0 atom stereocenters. The molecule has 0 saturated carbocycles. The van der Waals surface area contributed by atoms with Crippen LogP contribution in [0.1, 0.15) is 26.2 Å². The van der Waals surface area contributed by atoms with Crippen molar-refractivity contribution in [2.24, 2.45) is 0 Å². The van der Waals surface area contributed by atoms with E-state index in [0.717, 1.165) is 18.5 Å². The van der Waals surface area contributed by atoms with Gasteiger partial charge in [0.2, 0.25) is 9.76 Å². The minimum atomic E-state index is -2.42. The zero-order valence-corrected chi connectivity index (χ0v) is 26.8. The zero-order chi connectivity index (χ0) is 25.3. The molecule has 0 spiro atoms. The van der Waals surface area contributed by atoms with Gasteiger partial charge in [0.05, 0.1) is 6.61 Å². The monoisotopic (exact) mass is 550 g/mol. The minimum absolute atomic E-state index is 0.374. The lowest BCUT2D eigenvalue weighted by atomic mass is 10.3. The summed E-state index contributed by atoms with van der Waals surface area (Å²) in [5.74, 6) is -0.637. The van der Waals surface area contributed by atoms with Gasteiger partial charge >= 0.3 is 25.7 Å². The number of hydrogen-bond donors (Lipinski definition) is 1. The van der Waals surface area contributed by atoms with Crippen molar-refractivity contribution in [2.45, 2.75) is 90.7 Å². The molecule has 0 amide bonds. The first-order chi connectivity index (χ1) is 15.1. The van der Waals surface area contributed by atoms with Crippen LogP contribution in [0.2, 0.25) is 64.5 Å². The summed E-state index contributed by atoms with van der Waals surface area (Å²) in [5.41, 5.74) is 0. The highest BCUT2D eigenvalue weighted by Crippen LogP contribution is 2.27. The predicted molar refractivity (Wildman–Crippen MR) is 143 cm³/mol. The zero-order valence-electron chi connectivity index (χ0n) is 21.8. The summed E-state index contributed by atoms with van der Waals surface area (Å²) in [5, 5.41) is 9.27. The van der Waals surface area contributed by atoms with Crippen molar-refractivity contribution in [3.05, 3.63) is 24.0 Å². The molecule has 1 rings (SSSR count). The fraction of sp³-hybridized carbons (Fsp3) is 0.714. The first-order valence-electron chi connectivity index (χ1n) is 11.7. The third-order valence-electron chi connectivity index (χ3n) is 4.57. The van der Waals surface area contributed by atoms with E-state index in [1.54, 1.807) is 6.07 Å². The molecule has 0 unspecified atom stereocenters. The molecule has 33 heavy (non-hydrogen) atoms. The van der Waals surface area contributed by atoms with Crippen molar-refractivity contribution in [3.63, 3.8) is 0 Å². The fourth-order valence-corrected chi connectivity index (χ4v) is 23.8. The maximum Gasteiger partial charge on any atom is 0.314 e. The molecule has 0 bridgehead atoms. The molecule has 0 aromatic heterocycles. The van der Waals surface area contributed by atoms with E-state index in [1.807, 2.05) is 0 Å². The maximum atomic E-state index is 13.4. The van der Waals surface area contributed by atoms with Gasteiger partial charge in [0.15, 0.2) is 19.9 Å². The van der Waals surface area contributed by atoms with Gasteiger partial charge in [0.1, 0.15) is 5.75 Å². The maximum absolute atomic E-state index is 13.4. The number of hydrogen-bond acceptors (Lipinski definition) is 6. The molecule has 0 saturated heterocycles. The Labute approximate surface area is 207 Å². The van der Waals surface area contributed by atoms with Crippen LogP contribution in [0.5, 0.6) is 11.5 Å². The van der Waals surface area contributed by atoms with E-state index in [0.29, 0.717) is 22.1 Å². The average molecular weight is 551 g/mol. The van der Waals surface area contributed by atoms with Gasteiger partial charge < -0.3 is 26.3 Å². The summed E-state index contributed by atoms with van der Waals surface area (Å²) in [4.78, 5) is 0. The summed E-state index contributed by atoms with van der Waals surface area (Å²) in [6, 6.07) is 6.05. The molecule has 0 aliphatic carbocycles. The molecule has 190 valence electrons. The van der Waals surface area contributed by atoms with Crippen LogP contribution in [0, 0.1) is 5.82 Å². The Bertz CT molecular complexity index is 733. The normalized spacial score (nSPS) is 13.4. The van der Waals surface area contributed by atoms with Crippen LogP contribution < -0.4 is 4.74 Å². The van der Waals surface area contributed by atoms with Gasteiger partial charge in [-0.15, -0.1) is 0 Å². The van der Waals surface area contributed by atoms with Crippen molar-refractivity contribution >= 4 is 43.8 Å². The van der Waals surface area contributed by atoms with E-state index < -0.39 is 39.8 Å². The summed E-state index contributed by atoms with van der Waals surface area (Å²) in [7, 11) is -8.57. The highest BCUT2D eigenvalue weighted by Gasteiger charge is 2.43. The van der Waals surface area contributed by atoms with Crippen LogP contribution in [0.3, 0.4) is 0 Å². The molecule has 6 nitrogen and oxygen atoms in total. The van der Waals surface area contributed by atoms with E-state index in [9.17, 15) is 9.50 Å². The van der Waals surface area contributed by atoms with Gasteiger partial charge in [-0.1, -0.05) is 19.8 Å². The highest BCUT2D eigenvalue weighted by molar-refractivity contribution is 6.89. The first kappa shape index (κ1) is 30.7. The summed E-state index contributed by atoms with van der Waals surface area (Å²) < 4.78 is 44.8. The lowest BCUT2D eigenvalue weighted by Crippen LogP contribution is -2.57. The van der Waals surface area contributed by atoms with Gasteiger partial charge in [-0.3, -0.25) is 0 Å². The van der Waals surface area contributed by atoms with Crippen molar-refractivity contribution in [1.29, 1.82) is 0 Å². The number of aromatic hydroxyl groups is 1. The van der Waals surface area contributed by atoms with Gasteiger partial charge in [0.25, 0.3) is 0 Å². The molecule has 0 aliphatic heterocycles. The lowest BCUT2D eigenvalue weighted by molar-refractivity contribution is 0.297. The average Bonchev–Trinajstić information content (AvgIpc) is 2.62. The Morgan fingerprint density at radius 3 is 2.09 bits per heavy atom. The van der Waals surface area contributed by atoms with Crippen LogP contribution in [0.15, 0.2) is 18.2 Å². The topological polar surface area (TPSA) is 66.4 Å². The second-order valence-electron chi connectivity index (χ2n) is 10.2. The van der Waals surface area contributed by atoms with Crippen LogP contribution in [0.4, 0.5) is 4.39 Å². The third-order valence-corrected chi connectivity index (χ3v) is 21.3. The smallest absolute Gasteiger partial charge is 0.314 e.